The van der Waals surface area contributed by atoms with Crippen molar-refractivity contribution in [3.05, 3.63) is 29.8 Å². The van der Waals surface area contributed by atoms with Crippen LogP contribution in [-0.4, -0.2) is 52.6 Å². The summed E-state index contributed by atoms with van der Waals surface area (Å²) in [6.45, 7) is 6.92. The minimum Gasteiger partial charge on any atom is -0.466 e. The smallest absolute Gasteiger partial charge is 0.306 e. The van der Waals surface area contributed by atoms with E-state index in [9.17, 15) is 14.4 Å². The second-order valence-corrected chi connectivity index (χ2v) is 8.09. The Morgan fingerprint density at radius 2 is 1.77 bits per heavy atom. The molecule has 2 rings (SSSR count). The highest BCUT2D eigenvalue weighted by molar-refractivity contribution is 7.18. The van der Waals surface area contributed by atoms with E-state index in [1.807, 2.05) is 38.1 Å². The predicted molar refractivity (Wildman–Crippen MR) is 121 cm³/mol. The van der Waals surface area contributed by atoms with Gasteiger partial charge in [0.05, 0.1) is 13.0 Å². The number of carbonyl (C=O) groups excluding carboxylic acids is 3. The van der Waals surface area contributed by atoms with E-state index in [1.165, 1.54) is 11.3 Å². The molecule has 0 bridgehead atoms. The molecule has 0 aliphatic carbocycles. The van der Waals surface area contributed by atoms with Crippen LogP contribution in [0.1, 0.15) is 51.5 Å². The number of carbonyl (C=O) groups is 3. The molecule has 0 aliphatic rings. The zero-order chi connectivity index (χ0) is 22.6. The van der Waals surface area contributed by atoms with Gasteiger partial charge in [0.25, 0.3) is 0 Å². The maximum absolute atomic E-state index is 12.5. The van der Waals surface area contributed by atoms with Crippen molar-refractivity contribution in [1.82, 2.24) is 15.1 Å². The van der Waals surface area contributed by atoms with Crippen LogP contribution < -0.4 is 5.32 Å². The van der Waals surface area contributed by atoms with Gasteiger partial charge in [-0.1, -0.05) is 54.5 Å². The van der Waals surface area contributed by atoms with Gasteiger partial charge in [-0.25, -0.2) is 0 Å². The maximum atomic E-state index is 12.5. The Bertz CT molecular complexity index is 867. The van der Waals surface area contributed by atoms with Crippen LogP contribution in [0.4, 0.5) is 5.13 Å². The lowest BCUT2D eigenvalue weighted by Crippen LogP contribution is -2.35. The van der Waals surface area contributed by atoms with Crippen LogP contribution in [0.5, 0.6) is 0 Å². The van der Waals surface area contributed by atoms with Gasteiger partial charge in [-0.05, 0) is 20.3 Å². The molecule has 0 fully saturated rings. The average Bonchev–Trinajstić information content (AvgIpc) is 3.21. The quantitative estimate of drug-likeness (QED) is 0.498. The zero-order valence-corrected chi connectivity index (χ0v) is 19.2. The van der Waals surface area contributed by atoms with E-state index in [-0.39, 0.29) is 43.6 Å². The molecule has 9 heteroatoms. The first-order valence-corrected chi connectivity index (χ1v) is 11.4. The standard InChI is InChI=1S/C22H30N4O4S/c1-4-6-14-26(19(28)11-12-20(29)30-5-2)15-13-18(27)23-22-25-24-21(31-22)17-9-7-16(3)8-10-17/h7-10H,4-6,11-15H2,1-3H3,(H,23,25,27). The number of hydrogen-bond donors (Lipinski definition) is 1. The molecule has 8 nitrogen and oxygen atoms in total. The second kappa shape index (κ2) is 12.8. The molecule has 1 heterocycles. The highest BCUT2D eigenvalue weighted by atomic mass is 32.1. The molecule has 0 unspecified atom stereocenters. The zero-order valence-electron chi connectivity index (χ0n) is 18.3. The van der Waals surface area contributed by atoms with Gasteiger partial charge in [-0.2, -0.15) is 0 Å². The lowest BCUT2D eigenvalue weighted by molar-refractivity contribution is -0.145. The van der Waals surface area contributed by atoms with Gasteiger partial charge >= 0.3 is 5.97 Å². The number of benzene rings is 1. The summed E-state index contributed by atoms with van der Waals surface area (Å²) in [6.07, 6.45) is 2.05. The molecular formula is C22H30N4O4S. The number of aryl methyl sites for hydroxylation is 1. The van der Waals surface area contributed by atoms with E-state index in [0.717, 1.165) is 29.0 Å². The van der Waals surface area contributed by atoms with Gasteiger partial charge in [0, 0.05) is 31.5 Å². The number of hydrogen-bond acceptors (Lipinski definition) is 7. The lowest BCUT2D eigenvalue weighted by atomic mass is 10.2. The van der Waals surface area contributed by atoms with Crippen LogP contribution in [0.3, 0.4) is 0 Å². The van der Waals surface area contributed by atoms with Crippen molar-refractivity contribution >= 4 is 34.3 Å². The third kappa shape index (κ3) is 8.45. The Kier molecular flexibility index (Phi) is 10.1. The molecule has 2 aromatic rings. The highest BCUT2D eigenvalue weighted by Crippen LogP contribution is 2.26. The maximum Gasteiger partial charge on any atom is 0.306 e. The van der Waals surface area contributed by atoms with Gasteiger partial charge in [-0.3, -0.25) is 14.4 Å². The fourth-order valence-corrected chi connectivity index (χ4v) is 3.58. The molecule has 0 saturated heterocycles. The van der Waals surface area contributed by atoms with Crippen LogP contribution in [0.25, 0.3) is 10.6 Å². The predicted octanol–water partition coefficient (Wildman–Crippen LogP) is 3.81. The summed E-state index contributed by atoms with van der Waals surface area (Å²) < 4.78 is 4.87. The van der Waals surface area contributed by atoms with Gasteiger partial charge in [0.15, 0.2) is 0 Å². The van der Waals surface area contributed by atoms with Crippen molar-refractivity contribution in [2.24, 2.45) is 0 Å². The molecule has 168 valence electrons. The molecular weight excluding hydrogens is 416 g/mol. The highest BCUT2D eigenvalue weighted by Gasteiger charge is 2.17. The van der Waals surface area contributed by atoms with E-state index >= 15 is 0 Å². The van der Waals surface area contributed by atoms with Crippen LogP contribution in [0.2, 0.25) is 0 Å². The van der Waals surface area contributed by atoms with Crippen molar-refractivity contribution in [3.8, 4) is 10.6 Å². The van der Waals surface area contributed by atoms with E-state index in [4.69, 9.17) is 4.74 Å². The number of aromatic nitrogens is 2. The number of anilines is 1. The first-order valence-electron chi connectivity index (χ1n) is 10.6. The number of rotatable bonds is 12. The van der Waals surface area contributed by atoms with Crippen LogP contribution in [0.15, 0.2) is 24.3 Å². The number of nitrogens with one attached hydrogen (secondary N) is 1. The fraction of sp³-hybridized carbons (Fsp3) is 0.500. The average molecular weight is 447 g/mol. The SMILES string of the molecule is CCCCN(CCC(=O)Nc1nnc(-c2ccc(C)cc2)s1)C(=O)CCC(=O)OCC. The largest absolute Gasteiger partial charge is 0.466 e. The molecule has 1 aromatic carbocycles. The number of unbranched alkanes of at least 4 members (excludes halogenated alkanes) is 1. The Hall–Kier alpha value is -2.81. The summed E-state index contributed by atoms with van der Waals surface area (Å²) in [5.41, 5.74) is 2.10. The van der Waals surface area contributed by atoms with Gasteiger partial charge < -0.3 is 15.0 Å². The van der Waals surface area contributed by atoms with Crippen molar-refractivity contribution in [2.45, 2.75) is 52.9 Å². The second-order valence-electron chi connectivity index (χ2n) is 7.12. The molecule has 0 spiro atoms. The van der Waals surface area contributed by atoms with E-state index < -0.39 is 0 Å². The van der Waals surface area contributed by atoms with E-state index in [1.54, 1.807) is 11.8 Å². The van der Waals surface area contributed by atoms with Gasteiger partial charge in [0.1, 0.15) is 5.01 Å². The Morgan fingerprint density at radius 1 is 1.03 bits per heavy atom. The Labute approximate surface area is 187 Å². The molecule has 0 atom stereocenters. The summed E-state index contributed by atoms with van der Waals surface area (Å²) in [7, 11) is 0. The normalized spacial score (nSPS) is 10.5. The minimum atomic E-state index is -0.385. The summed E-state index contributed by atoms with van der Waals surface area (Å²) in [5, 5.41) is 12.1. The fourth-order valence-electron chi connectivity index (χ4n) is 2.82. The minimum absolute atomic E-state index is 0.0497. The molecule has 2 amide bonds. The summed E-state index contributed by atoms with van der Waals surface area (Å²) in [4.78, 5) is 38.0. The van der Waals surface area contributed by atoms with Crippen molar-refractivity contribution in [1.29, 1.82) is 0 Å². The number of ether oxygens (including phenoxy) is 1. The van der Waals surface area contributed by atoms with Gasteiger partial charge in [0.2, 0.25) is 16.9 Å². The molecule has 0 saturated carbocycles. The topological polar surface area (TPSA) is 101 Å². The third-order valence-electron chi connectivity index (χ3n) is 4.56. The third-order valence-corrected chi connectivity index (χ3v) is 5.45. The first kappa shape index (κ1) is 24.5. The molecule has 31 heavy (non-hydrogen) atoms. The van der Waals surface area contributed by atoms with Crippen LogP contribution in [0, 0.1) is 6.92 Å². The first-order chi connectivity index (χ1) is 14.9. The summed E-state index contributed by atoms with van der Waals surface area (Å²) >= 11 is 1.30. The van der Waals surface area contributed by atoms with E-state index in [2.05, 4.69) is 15.5 Å². The van der Waals surface area contributed by atoms with Crippen molar-refractivity contribution in [3.63, 3.8) is 0 Å². The lowest BCUT2D eigenvalue weighted by Gasteiger charge is -2.22. The molecule has 1 aromatic heterocycles. The Balaban J connectivity index is 1.86. The number of esters is 1. The summed E-state index contributed by atoms with van der Waals surface area (Å²) in [5.74, 6) is -0.761. The number of amides is 2. The molecule has 0 aliphatic heterocycles. The Morgan fingerprint density at radius 3 is 2.45 bits per heavy atom. The molecule has 0 radical (unpaired) electrons. The summed E-state index contributed by atoms with van der Waals surface area (Å²) in [6, 6.07) is 7.93. The van der Waals surface area contributed by atoms with Crippen molar-refractivity contribution in [2.75, 3.05) is 25.0 Å². The van der Waals surface area contributed by atoms with E-state index in [0.29, 0.717) is 18.3 Å². The molecule has 1 N–H and O–H groups in total. The van der Waals surface area contributed by atoms with Crippen LogP contribution >= 0.6 is 11.3 Å². The van der Waals surface area contributed by atoms with Gasteiger partial charge in [-0.15, -0.1) is 10.2 Å². The van der Waals surface area contributed by atoms with Crippen molar-refractivity contribution < 1.29 is 19.1 Å². The monoisotopic (exact) mass is 446 g/mol. The van der Waals surface area contributed by atoms with Crippen LogP contribution in [-0.2, 0) is 19.1 Å². The number of nitrogens with zero attached hydrogens (tertiary/aromatic N) is 3.